The Balaban J connectivity index is 1.53. The predicted octanol–water partition coefficient (Wildman–Crippen LogP) is 2.96. The van der Waals surface area contributed by atoms with E-state index in [9.17, 15) is 14.4 Å². The van der Waals surface area contributed by atoms with Crippen molar-refractivity contribution >= 4 is 22.6 Å². The Morgan fingerprint density at radius 2 is 1.67 bits per heavy atom. The highest BCUT2D eigenvalue weighted by Gasteiger charge is 2.22. The Morgan fingerprint density at radius 3 is 2.42 bits per heavy atom. The Labute approximate surface area is 190 Å². The molecule has 0 fully saturated rings. The Kier molecular flexibility index (Phi) is 6.59. The third-order valence-electron chi connectivity index (χ3n) is 5.31. The maximum absolute atomic E-state index is 12.7. The van der Waals surface area contributed by atoms with Gasteiger partial charge in [0.05, 0.1) is 12.8 Å². The van der Waals surface area contributed by atoms with Crippen LogP contribution >= 0.6 is 0 Å². The lowest BCUT2D eigenvalue weighted by molar-refractivity contribution is -0.145. The molecule has 1 aromatic heterocycles. The summed E-state index contributed by atoms with van der Waals surface area (Å²) in [6.45, 7) is -0.317. The van der Waals surface area contributed by atoms with Gasteiger partial charge in [-0.15, -0.1) is 0 Å². The molecule has 0 spiro atoms. The second-order valence-electron chi connectivity index (χ2n) is 7.61. The molecule has 166 valence electrons. The van der Waals surface area contributed by atoms with Crippen LogP contribution in [0, 0.1) is 0 Å². The van der Waals surface area contributed by atoms with Crippen molar-refractivity contribution in [3.63, 3.8) is 0 Å². The third-order valence-corrected chi connectivity index (χ3v) is 5.31. The van der Waals surface area contributed by atoms with Gasteiger partial charge >= 0.3 is 5.97 Å². The van der Waals surface area contributed by atoms with E-state index in [1.165, 1.54) is 13.2 Å². The average Bonchev–Trinajstić information content (AvgIpc) is 2.84. The number of benzene rings is 3. The Morgan fingerprint density at radius 1 is 0.939 bits per heavy atom. The summed E-state index contributed by atoms with van der Waals surface area (Å²) in [7, 11) is 1.27. The van der Waals surface area contributed by atoms with Crippen LogP contribution in [0.25, 0.3) is 22.0 Å². The van der Waals surface area contributed by atoms with Crippen LogP contribution in [0.15, 0.2) is 89.7 Å². The SMILES string of the molecule is COC(=O)C(Cc1ccccc1)NC(=O)Cn1nc(-c2ccc3ccccc3c2)ccc1=O. The third kappa shape index (κ3) is 5.33. The van der Waals surface area contributed by atoms with Crippen LogP contribution in [-0.2, 0) is 27.3 Å². The van der Waals surface area contributed by atoms with Gasteiger partial charge in [-0.3, -0.25) is 9.59 Å². The number of fused-ring (bicyclic) bond motifs is 1. The molecule has 1 heterocycles. The van der Waals surface area contributed by atoms with Crippen molar-refractivity contribution in [1.82, 2.24) is 15.1 Å². The number of hydrogen-bond donors (Lipinski definition) is 1. The van der Waals surface area contributed by atoms with Crippen LogP contribution in [0.5, 0.6) is 0 Å². The van der Waals surface area contributed by atoms with Crippen LogP contribution in [0.3, 0.4) is 0 Å². The molecule has 0 saturated carbocycles. The molecule has 1 unspecified atom stereocenters. The van der Waals surface area contributed by atoms with Crippen molar-refractivity contribution in [2.24, 2.45) is 0 Å². The zero-order chi connectivity index (χ0) is 23.2. The molecule has 1 N–H and O–H groups in total. The Hall–Kier alpha value is -4.26. The molecular formula is C26H23N3O4. The van der Waals surface area contributed by atoms with Gasteiger partial charge in [-0.1, -0.05) is 66.7 Å². The number of ether oxygens (including phenoxy) is 1. The number of rotatable bonds is 7. The van der Waals surface area contributed by atoms with Gasteiger partial charge < -0.3 is 10.1 Å². The molecule has 0 aliphatic heterocycles. The number of esters is 1. The van der Waals surface area contributed by atoms with E-state index in [4.69, 9.17) is 4.74 Å². The average molecular weight is 441 g/mol. The monoisotopic (exact) mass is 441 g/mol. The number of amides is 1. The highest BCUT2D eigenvalue weighted by Crippen LogP contribution is 2.22. The fourth-order valence-electron chi connectivity index (χ4n) is 3.63. The number of aromatic nitrogens is 2. The molecule has 33 heavy (non-hydrogen) atoms. The number of nitrogens with zero attached hydrogens (tertiary/aromatic N) is 2. The lowest BCUT2D eigenvalue weighted by Gasteiger charge is -2.17. The summed E-state index contributed by atoms with van der Waals surface area (Å²) in [5, 5.41) is 9.18. The highest BCUT2D eigenvalue weighted by molar-refractivity contribution is 5.87. The van der Waals surface area contributed by atoms with Gasteiger partial charge in [-0.25, -0.2) is 9.48 Å². The van der Waals surface area contributed by atoms with E-state index < -0.39 is 23.5 Å². The van der Waals surface area contributed by atoms with Gasteiger partial charge in [-0.2, -0.15) is 5.10 Å². The molecule has 7 heteroatoms. The zero-order valence-electron chi connectivity index (χ0n) is 18.1. The second kappa shape index (κ2) is 9.91. The number of nitrogens with one attached hydrogen (secondary N) is 1. The molecule has 4 rings (SSSR count). The highest BCUT2D eigenvalue weighted by atomic mass is 16.5. The van der Waals surface area contributed by atoms with Crippen LogP contribution in [0.1, 0.15) is 5.56 Å². The van der Waals surface area contributed by atoms with Gasteiger partial charge in [0.25, 0.3) is 5.56 Å². The fourth-order valence-corrected chi connectivity index (χ4v) is 3.63. The minimum atomic E-state index is -0.871. The summed E-state index contributed by atoms with van der Waals surface area (Å²) in [6.07, 6.45) is 0.276. The van der Waals surface area contributed by atoms with E-state index in [1.807, 2.05) is 72.8 Å². The number of methoxy groups -OCH3 is 1. The van der Waals surface area contributed by atoms with Crippen molar-refractivity contribution < 1.29 is 14.3 Å². The van der Waals surface area contributed by atoms with Crippen LogP contribution in [-0.4, -0.2) is 34.8 Å². The predicted molar refractivity (Wildman–Crippen MR) is 126 cm³/mol. The zero-order valence-corrected chi connectivity index (χ0v) is 18.1. The molecule has 4 aromatic rings. The summed E-state index contributed by atoms with van der Waals surface area (Å²) in [5.41, 5.74) is 1.87. The summed E-state index contributed by atoms with van der Waals surface area (Å²) in [4.78, 5) is 37.2. The molecule has 3 aromatic carbocycles. The van der Waals surface area contributed by atoms with Crippen molar-refractivity contribution in [3.05, 3.63) is 101 Å². The fraction of sp³-hybridized carbons (Fsp3) is 0.154. The lowest BCUT2D eigenvalue weighted by atomic mass is 10.1. The van der Waals surface area contributed by atoms with Crippen molar-refractivity contribution in [2.75, 3.05) is 7.11 Å². The first-order valence-corrected chi connectivity index (χ1v) is 10.5. The minimum absolute atomic E-state index is 0.276. The number of carbonyl (C=O) groups excluding carboxylic acids is 2. The molecule has 0 saturated heterocycles. The Bertz CT molecular complexity index is 1350. The van der Waals surface area contributed by atoms with Gasteiger partial charge in [0.1, 0.15) is 12.6 Å². The normalized spacial score (nSPS) is 11.7. The molecule has 7 nitrogen and oxygen atoms in total. The van der Waals surface area contributed by atoms with E-state index in [0.717, 1.165) is 26.6 Å². The first kappa shape index (κ1) is 22.0. The van der Waals surface area contributed by atoms with E-state index in [1.54, 1.807) is 6.07 Å². The van der Waals surface area contributed by atoms with E-state index >= 15 is 0 Å². The van der Waals surface area contributed by atoms with Crippen LogP contribution in [0.4, 0.5) is 0 Å². The molecule has 0 radical (unpaired) electrons. The van der Waals surface area contributed by atoms with Gasteiger partial charge in [-0.05, 0) is 28.5 Å². The van der Waals surface area contributed by atoms with Gasteiger partial charge in [0, 0.05) is 18.1 Å². The van der Waals surface area contributed by atoms with Crippen molar-refractivity contribution in [2.45, 2.75) is 19.0 Å². The smallest absolute Gasteiger partial charge is 0.328 e. The maximum atomic E-state index is 12.7. The van der Waals surface area contributed by atoms with E-state index in [2.05, 4.69) is 10.4 Å². The first-order valence-electron chi connectivity index (χ1n) is 10.5. The molecule has 0 aliphatic rings. The van der Waals surface area contributed by atoms with Crippen molar-refractivity contribution in [3.8, 4) is 11.3 Å². The topological polar surface area (TPSA) is 90.3 Å². The van der Waals surface area contributed by atoms with E-state index in [-0.39, 0.29) is 13.0 Å². The lowest BCUT2D eigenvalue weighted by Crippen LogP contribution is -2.45. The molecule has 0 aliphatic carbocycles. The van der Waals surface area contributed by atoms with Crippen LogP contribution in [0.2, 0.25) is 0 Å². The molecule has 1 atom stereocenters. The number of carbonyl (C=O) groups is 2. The maximum Gasteiger partial charge on any atom is 0.328 e. The van der Waals surface area contributed by atoms with Gasteiger partial charge in [0.15, 0.2) is 0 Å². The number of hydrogen-bond acceptors (Lipinski definition) is 5. The molecule has 0 bridgehead atoms. The van der Waals surface area contributed by atoms with Crippen molar-refractivity contribution in [1.29, 1.82) is 0 Å². The molecular weight excluding hydrogens is 418 g/mol. The van der Waals surface area contributed by atoms with E-state index in [0.29, 0.717) is 5.69 Å². The largest absolute Gasteiger partial charge is 0.467 e. The first-order chi connectivity index (χ1) is 16.0. The summed E-state index contributed by atoms with van der Waals surface area (Å²) < 4.78 is 5.93. The summed E-state index contributed by atoms with van der Waals surface area (Å²) in [6, 6.07) is 25.3. The summed E-state index contributed by atoms with van der Waals surface area (Å²) in [5.74, 6) is -1.07. The minimum Gasteiger partial charge on any atom is -0.467 e. The van der Waals surface area contributed by atoms with Crippen LogP contribution < -0.4 is 10.9 Å². The summed E-state index contributed by atoms with van der Waals surface area (Å²) >= 11 is 0. The quantitative estimate of drug-likeness (QED) is 0.446. The molecule has 1 amide bonds. The standard InChI is InChI=1S/C26H23N3O4/c1-33-26(32)23(15-18-7-3-2-4-8-18)27-24(30)17-29-25(31)14-13-22(28-29)21-12-11-19-9-5-6-10-20(19)16-21/h2-14,16,23H,15,17H2,1H3,(H,27,30). The second-order valence-corrected chi connectivity index (χ2v) is 7.61. The van der Waals surface area contributed by atoms with Gasteiger partial charge in [0.2, 0.25) is 5.91 Å².